The Morgan fingerprint density at radius 1 is 1.33 bits per heavy atom. The van der Waals surface area contributed by atoms with E-state index in [1.807, 2.05) is 0 Å². The van der Waals surface area contributed by atoms with Crippen molar-refractivity contribution in [2.75, 3.05) is 32.6 Å². The number of methoxy groups -OCH3 is 1. The maximum Gasteiger partial charge on any atom is 0.328 e. The molecule has 1 aromatic carbocycles. The van der Waals surface area contributed by atoms with Gasteiger partial charge in [0, 0.05) is 40.4 Å². The van der Waals surface area contributed by atoms with Gasteiger partial charge in [0.15, 0.2) is 0 Å². The first-order chi connectivity index (χ1) is 12.9. The lowest BCUT2D eigenvalue weighted by Crippen LogP contribution is -2.32. The van der Waals surface area contributed by atoms with Crippen molar-refractivity contribution < 1.29 is 14.3 Å². The Morgan fingerprint density at radius 3 is 2.67 bits per heavy atom. The topological polar surface area (TPSA) is 77.7 Å². The zero-order valence-corrected chi connectivity index (χ0v) is 16.4. The van der Waals surface area contributed by atoms with Gasteiger partial charge in [-0.3, -0.25) is 9.13 Å². The molecule has 1 N–H and O–H groups in total. The van der Waals surface area contributed by atoms with Crippen molar-refractivity contribution >= 4 is 22.8 Å². The number of aryl methyl sites for hydroxylation is 2. The molecule has 1 saturated heterocycles. The molecule has 1 fully saturated rings. The van der Waals surface area contributed by atoms with E-state index in [1.54, 1.807) is 54.4 Å². The second kappa shape index (κ2) is 8.04. The first kappa shape index (κ1) is 19.3. The van der Waals surface area contributed by atoms with Gasteiger partial charge in [-0.15, -0.1) is 0 Å². The number of amides is 2. The number of fused-ring (bicyclic) bond motifs is 1. The normalized spacial score (nSPS) is 16.7. The van der Waals surface area contributed by atoms with E-state index in [0.717, 1.165) is 43.3 Å². The molecule has 0 aliphatic carbocycles. The number of nitrogens with zero attached hydrogens (tertiary/aromatic N) is 3. The molecule has 0 bridgehead atoms. The largest absolute Gasteiger partial charge is 0.494 e. The van der Waals surface area contributed by atoms with Crippen LogP contribution in [0.2, 0.25) is 0 Å². The summed E-state index contributed by atoms with van der Waals surface area (Å²) >= 11 is 0. The Morgan fingerprint density at radius 2 is 2.04 bits per heavy atom. The first-order valence-corrected chi connectivity index (χ1v) is 9.29. The maximum absolute atomic E-state index is 12.6. The number of carbonyl (C=O) groups excluding carboxylic acids is 1. The third-order valence-electron chi connectivity index (χ3n) is 5.23. The fourth-order valence-corrected chi connectivity index (χ4v) is 3.53. The fraction of sp³-hybridized carbons (Fsp3) is 0.579. The lowest BCUT2D eigenvalue weighted by atomic mass is 10.1. The van der Waals surface area contributed by atoms with Crippen LogP contribution in [-0.4, -0.2) is 53.5 Å². The summed E-state index contributed by atoms with van der Waals surface area (Å²) in [4.78, 5) is 26.3. The van der Waals surface area contributed by atoms with Crippen LogP contribution in [-0.2, 0) is 18.8 Å². The zero-order chi connectivity index (χ0) is 19.6. The number of benzene rings is 1. The van der Waals surface area contributed by atoms with Crippen molar-refractivity contribution in [3.63, 3.8) is 0 Å². The van der Waals surface area contributed by atoms with Crippen LogP contribution in [0.3, 0.4) is 0 Å². The number of hydrogen-bond donors (Lipinski definition) is 1. The predicted octanol–water partition coefficient (Wildman–Crippen LogP) is 2.31. The molecular formula is C19H28N4O4. The van der Waals surface area contributed by atoms with Crippen LogP contribution in [0.5, 0.6) is 5.75 Å². The molecule has 2 heterocycles. The molecule has 0 saturated carbocycles. The van der Waals surface area contributed by atoms with Gasteiger partial charge in [-0.2, -0.15) is 0 Å². The minimum Gasteiger partial charge on any atom is -0.494 e. The minimum absolute atomic E-state index is 0.123. The van der Waals surface area contributed by atoms with Gasteiger partial charge >= 0.3 is 11.7 Å². The summed E-state index contributed by atoms with van der Waals surface area (Å²) in [5, 5.41) is 2.89. The van der Waals surface area contributed by atoms with Crippen LogP contribution >= 0.6 is 0 Å². The highest BCUT2D eigenvalue weighted by atomic mass is 16.5. The molecule has 1 atom stereocenters. The van der Waals surface area contributed by atoms with Gasteiger partial charge < -0.3 is 19.7 Å². The van der Waals surface area contributed by atoms with Crippen molar-refractivity contribution in [2.24, 2.45) is 14.1 Å². The number of rotatable bonds is 6. The van der Waals surface area contributed by atoms with Crippen LogP contribution in [0.25, 0.3) is 11.0 Å². The Labute approximate surface area is 158 Å². The monoisotopic (exact) mass is 376 g/mol. The molecule has 2 aromatic rings. The van der Waals surface area contributed by atoms with Crippen molar-refractivity contribution in [1.29, 1.82) is 0 Å². The second-order valence-corrected chi connectivity index (χ2v) is 7.07. The van der Waals surface area contributed by atoms with Gasteiger partial charge in [-0.1, -0.05) is 0 Å². The maximum atomic E-state index is 12.6. The van der Waals surface area contributed by atoms with E-state index < -0.39 is 0 Å². The summed E-state index contributed by atoms with van der Waals surface area (Å²) in [6.45, 7) is 1.51. The summed E-state index contributed by atoms with van der Waals surface area (Å²) in [6, 6.07) is 3.33. The molecule has 148 valence electrons. The van der Waals surface area contributed by atoms with E-state index in [-0.39, 0.29) is 11.7 Å². The number of anilines is 1. The second-order valence-electron chi connectivity index (χ2n) is 7.07. The van der Waals surface area contributed by atoms with Gasteiger partial charge in [0.25, 0.3) is 0 Å². The van der Waals surface area contributed by atoms with Crippen LogP contribution in [0.4, 0.5) is 10.5 Å². The summed E-state index contributed by atoms with van der Waals surface area (Å²) in [6.07, 6.45) is 4.45. The molecule has 27 heavy (non-hydrogen) atoms. The lowest BCUT2D eigenvalue weighted by molar-refractivity contribution is 0.101. The highest BCUT2D eigenvalue weighted by molar-refractivity contribution is 5.94. The molecule has 1 aliphatic rings. The Bertz CT molecular complexity index is 880. The van der Waals surface area contributed by atoms with Crippen molar-refractivity contribution in [2.45, 2.75) is 31.8 Å². The van der Waals surface area contributed by atoms with E-state index >= 15 is 0 Å². The lowest BCUT2D eigenvalue weighted by Gasteiger charge is -2.20. The van der Waals surface area contributed by atoms with Gasteiger partial charge in [-0.05, 0) is 31.7 Å². The Kier molecular flexibility index (Phi) is 5.74. The highest BCUT2D eigenvalue weighted by Gasteiger charge is 2.18. The number of urea groups is 1. The van der Waals surface area contributed by atoms with Crippen LogP contribution < -0.4 is 15.7 Å². The van der Waals surface area contributed by atoms with E-state index in [9.17, 15) is 9.59 Å². The molecule has 0 radical (unpaired) electrons. The Balaban J connectivity index is 1.69. The average molecular weight is 376 g/mol. The molecular weight excluding hydrogens is 348 g/mol. The zero-order valence-electron chi connectivity index (χ0n) is 16.4. The highest BCUT2D eigenvalue weighted by Crippen LogP contribution is 2.30. The van der Waals surface area contributed by atoms with Crippen molar-refractivity contribution in [3.05, 3.63) is 22.6 Å². The predicted molar refractivity (Wildman–Crippen MR) is 105 cm³/mol. The summed E-state index contributed by atoms with van der Waals surface area (Å²) in [5.74, 6) is 0.518. The average Bonchev–Trinajstić information content (AvgIpc) is 3.25. The molecule has 0 unspecified atom stereocenters. The Hall–Kier alpha value is -2.48. The SMILES string of the molecule is COc1cc2c(cc1NC(=O)N(C)CCC[C@@H]1CCCO1)n(C)c(=O)n2C. The summed E-state index contributed by atoms with van der Waals surface area (Å²) in [5.41, 5.74) is 1.91. The minimum atomic E-state index is -0.207. The van der Waals surface area contributed by atoms with Gasteiger partial charge in [0.1, 0.15) is 5.75 Å². The summed E-state index contributed by atoms with van der Waals surface area (Å²) < 4.78 is 14.1. The molecule has 1 aliphatic heterocycles. The van der Waals surface area contributed by atoms with Gasteiger partial charge in [0.05, 0.1) is 29.9 Å². The fourth-order valence-electron chi connectivity index (χ4n) is 3.53. The molecule has 8 nitrogen and oxygen atoms in total. The van der Waals surface area contributed by atoms with E-state index in [0.29, 0.717) is 24.1 Å². The number of carbonyl (C=O) groups is 1. The molecule has 8 heteroatoms. The van der Waals surface area contributed by atoms with E-state index in [4.69, 9.17) is 9.47 Å². The number of ether oxygens (including phenoxy) is 2. The van der Waals surface area contributed by atoms with E-state index in [2.05, 4.69) is 5.32 Å². The molecule has 3 rings (SSSR count). The number of aromatic nitrogens is 2. The van der Waals surface area contributed by atoms with Crippen LogP contribution in [0.15, 0.2) is 16.9 Å². The number of imidazole rings is 1. The van der Waals surface area contributed by atoms with Crippen molar-refractivity contribution in [1.82, 2.24) is 14.0 Å². The standard InChI is InChI=1S/C19H28N4O4/c1-21(9-5-7-13-8-6-10-27-13)18(24)20-14-11-15-16(12-17(14)26-4)23(3)19(25)22(15)2/h11-13H,5-10H2,1-4H3,(H,20,24)/t13-/m1/s1. The van der Waals surface area contributed by atoms with E-state index in [1.165, 1.54) is 0 Å². The van der Waals surface area contributed by atoms with Crippen molar-refractivity contribution in [3.8, 4) is 5.75 Å². The molecule has 1 aromatic heterocycles. The first-order valence-electron chi connectivity index (χ1n) is 9.29. The third kappa shape index (κ3) is 3.95. The quantitative estimate of drug-likeness (QED) is 0.839. The molecule has 0 spiro atoms. The number of nitrogens with one attached hydrogen (secondary N) is 1. The van der Waals surface area contributed by atoms with Gasteiger partial charge in [0.2, 0.25) is 0 Å². The third-order valence-corrected chi connectivity index (χ3v) is 5.23. The van der Waals surface area contributed by atoms with Gasteiger partial charge in [-0.25, -0.2) is 9.59 Å². The summed E-state index contributed by atoms with van der Waals surface area (Å²) in [7, 11) is 6.74. The van der Waals surface area contributed by atoms with Crippen LogP contribution in [0.1, 0.15) is 25.7 Å². The smallest absolute Gasteiger partial charge is 0.328 e. The molecule has 2 amide bonds. The number of hydrogen-bond acceptors (Lipinski definition) is 4. The van der Waals surface area contributed by atoms with Crippen LogP contribution in [0, 0.1) is 0 Å².